The van der Waals surface area contributed by atoms with Crippen molar-refractivity contribution >= 4 is 52.6 Å². The summed E-state index contributed by atoms with van der Waals surface area (Å²) in [5, 5.41) is 9.48. The molecule has 0 saturated carbocycles. The third kappa shape index (κ3) is 3.52. The molecule has 16 heavy (non-hydrogen) atoms. The van der Waals surface area contributed by atoms with Gasteiger partial charge in [-0.05, 0) is 18.2 Å². The standard InChI is InChI=1S/C10H7Cl3N2O/c11-6-2-1-3-7(4-6)15-10(16)9(13)8(12)5-14/h1-5,14H,(H,15,16). The number of amides is 1. The zero-order chi connectivity index (χ0) is 12.1. The van der Waals surface area contributed by atoms with Crippen molar-refractivity contribution in [1.82, 2.24) is 0 Å². The van der Waals surface area contributed by atoms with E-state index in [-0.39, 0.29) is 10.1 Å². The summed E-state index contributed by atoms with van der Waals surface area (Å²) < 4.78 is 0. The maximum Gasteiger partial charge on any atom is 0.268 e. The van der Waals surface area contributed by atoms with E-state index in [0.29, 0.717) is 10.7 Å². The van der Waals surface area contributed by atoms with Gasteiger partial charge in [-0.3, -0.25) is 4.79 Å². The highest BCUT2D eigenvalue weighted by molar-refractivity contribution is 6.53. The van der Waals surface area contributed by atoms with E-state index in [1.807, 2.05) is 0 Å². The lowest BCUT2D eigenvalue weighted by Gasteiger charge is -2.04. The monoisotopic (exact) mass is 276 g/mol. The summed E-state index contributed by atoms with van der Waals surface area (Å²) in [6.07, 6.45) is 0.793. The van der Waals surface area contributed by atoms with Gasteiger partial charge in [0.1, 0.15) is 5.03 Å². The first-order valence-corrected chi connectivity index (χ1v) is 5.30. The summed E-state index contributed by atoms with van der Waals surface area (Å²) >= 11 is 16.9. The van der Waals surface area contributed by atoms with Gasteiger partial charge in [0.2, 0.25) is 0 Å². The molecule has 0 unspecified atom stereocenters. The van der Waals surface area contributed by atoms with Crippen LogP contribution in [0.15, 0.2) is 34.3 Å². The lowest BCUT2D eigenvalue weighted by molar-refractivity contribution is -0.112. The van der Waals surface area contributed by atoms with Crippen molar-refractivity contribution in [3.8, 4) is 0 Å². The van der Waals surface area contributed by atoms with Crippen LogP contribution in [-0.4, -0.2) is 12.1 Å². The molecule has 0 aliphatic rings. The fraction of sp³-hybridized carbons (Fsp3) is 0. The molecule has 1 rings (SSSR count). The van der Waals surface area contributed by atoms with Gasteiger partial charge in [-0.15, -0.1) is 0 Å². The summed E-state index contributed by atoms with van der Waals surface area (Å²) in [5.74, 6) is -0.586. The van der Waals surface area contributed by atoms with Crippen molar-refractivity contribution in [2.45, 2.75) is 0 Å². The number of rotatable bonds is 3. The lowest BCUT2D eigenvalue weighted by Crippen LogP contribution is -2.12. The topological polar surface area (TPSA) is 53.0 Å². The first-order valence-electron chi connectivity index (χ1n) is 4.17. The Kier molecular flexibility index (Phi) is 4.80. The molecule has 0 aromatic heterocycles. The van der Waals surface area contributed by atoms with Gasteiger partial charge < -0.3 is 10.7 Å². The average Bonchev–Trinajstić information content (AvgIpc) is 2.27. The molecule has 0 aliphatic carbocycles. The number of carbonyl (C=O) groups excluding carboxylic acids is 1. The van der Waals surface area contributed by atoms with Crippen molar-refractivity contribution in [2.24, 2.45) is 0 Å². The van der Waals surface area contributed by atoms with E-state index < -0.39 is 5.91 Å². The second-order valence-corrected chi connectivity index (χ2v) is 3.99. The second kappa shape index (κ2) is 5.89. The van der Waals surface area contributed by atoms with Gasteiger partial charge in [-0.2, -0.15) is 0 Å². The van der Waals surface area contributed by atoms with Gasteiger partial charge in [0, 0.05) is 16.9 Å². The van der Waals surface area contributed by atoms with Crippen molar-refractivity contribution in [1.29, 1.82) is 5.41 Å². The Morgan fingerprint density at radius 1 is 1.38 bits per heavy atom. The van der Waals surface area contributed by atoms with E-state index in [0.717, 1.165) is 6.21 Å². The maximum atomic E-state index is 11.5. The minimum atomic E-state index is -0.586. The van der Waals surface area contributed by atoms with Crippen molar-refractivity contribution in [2.75, 3.05) is 5.32 Å². The van der Waals surface area contributed by atoms with Crippen LogP contribution in [0.1, 0.15) is 0 Å². The number of hydrogen-bond acceptors (Lipinski definition) is 2. The molecule has 6 heteroatoms. The van der Waals surface area contributed by atoms with Gasteiger partial charge in [-0.1, -0.05) is 40.9 Å². The molecule has 0 bridgehead atoms. The first kappa shape index (κ1) is 13.0. The first-order chi connectivity index (χ1) is 7.54. The van der Waals surface area contributed by atoms with Crippen molar-refractivity contribution in [3.63, 3.8) is 0 Å². The summed E-state index contributed by atoms with van der Waals surface area (Å²) in [6.45, 7) is 0. The third-order valence-corrected chi connectivity index (χ3v) is 2.62. The normalized spacial score (nSPS) is 11.7. The van der Waals surface area contributed by atoms with E-state index in [1.165, 1.54) is 0 Å². The molecule has 2 N–H and O–H groups in total. The molecule has 0 heterocycles. The van der Waals surface area contributed by atoms with Crippen LogP contribution in [-0.2, 0) is 4.79 Å². The van der Waals surface area contributed by atoms with Crippen LogP contribution in [0, 0.1) is 5.41 Å². The Bertz CT molecular complexity index is 457. The van der Waals surface area contributed by atoms with E-state index in [2.05, 4.69) is 5.32 Å². The van der Waals surface area contributed by atoms with Gasteiger partial charge in [0.05, 0.1) is 5.03 Å². The van der Waals surface area contributed by atoms with E-state index in [4.69, 9.17) is 40.2 Å². The van der Waals surface area contributed by atoms with Crippen molar-refractivity contribution in [3.05, 3.63) is 39.4 Å². The Labute approximate surface area is 108 Å². The maximum absolute atomic E-state index is 11.5. The molecule has 0 fully saturated rings. The van der Waals surface area contributed by atoms with E-state index in [9.17, 15) is 4.79 Å². The van der Waals surface area contributed by atoms with Gasteiger partial charge in [-0.25, -0.2) is 0 Å². The fourth-order valence-corrected chi connectivity index (χ4v) is 1.30. The minimum absolute atomic E-state index is 0.124. The SMILES string of the molecule is N=CC(Cl)=C(Cl)C(=O)Nc1cccc(Cl)c1. The molecule has 3 nitrogen and oxygen atoms in total. The molecule has 1 aromatic rings. The molecular weight excluding hydrogens is 270 g/mol. The van der Waals surface area contributed by atoms with E-state index >= 15 is 0 Å². The second-order valence-electron chi connectivity index (χ2n) is 2.77. The molecule has 0 radical (unpaired) electrons. The molecule has 84 valence electrons. The zero-order valence-electron chi connectivity index (χ0n) is 7.93. The number of hydrogen-bond donors (Lipinski definition) is 2. The number of benzene rings is 1. The van der Waals surface area contributed by atoms with Crippen LogP contribution in [0.25, 0.3) is 0 Å². The quantitative estimate of drug-likeness (QED) is 0.643. The average molecular weight is 278 g/mol. The Hall–Kier alpha value is -1.03. The fourth-order valence-electron chi connectivity index (χ4n) is 0.924. The Balaban J connectivity index is 2.83. The van der Waals surface area contributed by atoms with Crippen LogP contribution in [0.3, 0.4) is 0 Å². The molecule has 1 amide bonds. The van der Waals surface area contributed by atoms with Gasteiger partial charge in [0.15, 0.2) is 0 Å². The Morgan fingerprint density at radius 3 is 2.62 bits per heavy atom. The molecular formula is C10H7Cl3N2O. The minimum Gasteiger partial charge on any atom is -0.321 e. The van der Waals surface area contributed by atoms with Gasteiger partial charge in [0.25, 0.3) is 5.91 Å². The molecule has 0 spiro atoms. The summed E-state index contributed by atoms with van der Waals surface area (Å²) in [5.41, 5.74) is 0.505. The number of anilines is 1. The largest absolute Gasteiger partial charge is 0.321 e. The number of allylic oxidation sites excluding steroid dienone is 1. The van der Waals surface area contributed by atoms with Crippen LogP contribution < -0.4 is 5.32 Å². The summed E-state index contributed by atoms with van der Waals surface area (Å²) in [6, 6.07) is 6.60. The lowest BCUT2D eigenvalue weighted by atomic mass is 10.3. The number of nitrogens with one attached hydrogen (secondary N) is 2. The van der Waals surface area contributed by atoms with E-state index in [1.54, 1.807) is 24.3 Å². The molecule has 0 aliphatic heterocycles. The predicted octanol–water partition coefficient (Wildman–Crippen LogP) is 3.62. The molecule has 0 saturated heterocycles. The smallest absolute Gasteiger partial charge is 0.268 e. The predicted molar refractivity (Wildman–Crippen MR) is 67.6 cm³/mol. The highest BCUT2D eigenvalue weighted by Gasteiger charge is 2.10. The van der Waals surface area contributed by atoms with Crippen molar-refractivity contribution < 1.29 is 4.79 Å². The van der Waals surface area contributed by atoms with Crippen LogP contribution in [0.4, 0.5) is 5.69 Å². The summed E-state index contributed by atoms with van der Waals surface area (Å²) in [4.78, 5) is 11.5. The molecule has 0 atom stereocenters. The summed E-state index contributed by atoms with van der Waals surface area (Å²) in [7, 11) is 0. The number of halogens is 3. The number of carbonyl (C=O) groups is 1. The third-order valence-electron chi connectivity index (χ3n) is 1.62. The van der Waals surface area contributed by atoms with Gasteiger partial charge >= 0.3 is 0 Å². The van der Waals surface area contributed by atoms with Crippen LogP contribution in [0.5, 0.6) is 0 Å². The Morgan fingerprint density at radius 2 is 2.06 bits per heavy atom. The highest BCUT2D eigenvalue weighted by Crippen LogP contribution is 2.18. The van der Waals surface area contributed by atoms with Crippen LogP contribution in [0.2, 0.25) is 5.02 Å². The highest BCUT2D eigenvalue weighted by atomic mass is 35.5. The van der Waals surface area contributed by atoms with Crippen LogP contribution >= 0.6 is 34.8 Å². The molecule has 1 aromatic carbocycles. The zero-order valence-corrected chi connectivity index (χ0v) is 10.2.